The Bertz CT molecular complexity index is 2620. The van der Waals surface area contributed by atoms with Crippen LogP contribution in [0.1, 0.15) is 11.1 Å². The first-order chi connectivity index (χ1) is 22.3. The van der Waals surface area contributed by atoms with Crippen molar-refractivity contribution in [2.45, 2.75) is 6.42 Å². The van der Waals surface area contributed by atoms with Gasteiger partial charge in [-0.15, -0.1) is 0 Å². The highest BCUT2D eigenvalue weighted by Gasteiger charge is 2.23. The zero-order chi connectivity index (χ0) is 29.5. The summed E-state index contributed by atoms with van der Waals surface area (Å²) < 4.78 is 4.86. The van der Waals surface area contributed by atoms with Crippen LogP contribution in [-0.4, -0.2) is 9.13 Å². The number of fused-ring (bicyclic) bond motifs is 9. The maximum Gasteiger partial charge on any atom is 0.0541 e. The van der Waals surface area contributed by atoms with Crippen LogP contribution in [0, 0.1) is 0 Å². The van der Waals surface area contributed by atoms with Crippen molar-refractivity contribution >= 4 is 43.6 Å². The fraction of sp³-hybridized carbons (Fsp3) is 0.0233. The number of hydrogen-bond acceptors (Lipinski definition) is 0. The highest BCUT2D eigenvalue weighted by molar-refractivity contribution is 6.12. The maximum atomic E-state index is 2.48. The molecule has 45 heavy (non-hydrogen) atoms. The molecular formula is C43H28N2. The molecule has 0 amide bonds. The molecule has 0 radical (unpaired) electrons. The molecule has 0 saturated carbocycles. The van der Waals surface area contributed by atoms with Crippen molar-refractivity contribution in [3.05, 3.63) is 169 Å². The second-order valence-corrected chi connectivity index (χ2v) is 12.1. The molecule has 2 aromatic heterocycles. The van der Waals surface area contributed by atoms with E-state index < -0.39 is 0 Å². The predicted octanol–water partition coefficient (Wildman–Crippen LogP) is 11.1. The van der Waals surface area contributed by atoms with Crippen LogP contribution in [0.15, 0.2) is 158 Å². The van der Waals surface area contributed by atoms with Gasteiger partial charge in [-0.25, -0.2) is 0 Å². The average Bonchev–Trinajstić information content (AvgIpc) is 3.76. The smallest absolute Gasteiger partial charge is 0.0541 e. The second kappa shape index (κ2) is 9.32. The van der Waals surface area contributed by atoms with Crippen molar-refractivity contribution in [3.8, 4) is 33.6 Å². The fourth-order valence-electron chi connectivity index (χ4n) is 7.77. The summed E-state index contributed by atoms with van der Waals surface area (Å²) in [7, 11) is 0. The number of para-hydroxylation sites is 3. The molecule has 0 bridgehead atoms. The Labute approximate surface area is 261 Å². The van der Waals surface area contributed by atoms with Gasteiger partial charge in [-0.1, -0.05) is 103 Å². The van der Waals surface area contributed by atoms with Crippen LogP contribution in [0.5, 0.6) is 0 Å². The van der Waals surface area contributed by atoms with Gasteiger partial charge >= 0.3 is 0 Å². The average molecular weight is 573 g/mol. The van der Waals surface area contributed by atoms with E-state index >= 15 is 0 Å². The number of nitrogens with zero attached hydrogens (tertiary/aromatic N) is 2. The summed E-state index contributed by atoms with van der Waals surface area (Å²) in [5, 5.41) is 5.11. The van der Waals surface area contributed by atoms with Gasteiger partial charge in [-0.05, 0) is 88.0 Å². The summed E-state index contributed by atoms with van der Waals surface area (Å²) in [5.41, 5.74) is 15.4. The minimum absolute atomic E-state index is 0.963. The van der Waals surface area contributed by atoms with Crippen LogP contribution in [0.4, 0.5) is 0 Å². The lowest BCUT2D eigenvalue weighted by atomic mass is 10.0. The minimum Gasteiger partial charge on any atom is -0.309 e. The highest BCUT2D eigenvalue weighted by Crippen LogP contribution is 2.43. The zero-order valence-electron chi connectivity index (χ0n) is 24.6. The molecule has 0 atom stereocenters. The topological polar surface area (TPSA) is 9.86 Å². The van der Waals surface area contributed by atoms with E-state index in [2.05, 4.69) is 167 Å². The fourth-order valence-corrected chi connectivity index (χ4v) is 7.77. The third-order valence-electron chi connectivity index (χ3n) is 9.76. The molecule has 2 heteroatoms. The van der Waals surface area contributed by atoms with Gasteiger partial charge in [0.1, 0.15) is 0 Å². The number of aromatic nitrogens is 2. The molecule has 0 unspecified atom stereocenters. The van der Waals surface area contributed by atoms with Crippen LogP contribution in [-0.2, 0) is 6.42 Å². The molecule has 1 aliphatic carbocycles. The minimum atomic E-state index is 0.963. The Morgan fingerprint density at radius 2 is 0.933 bits per heavy atom. The Balaban J connectivity index is 1.18. The molecule has 0 spiro atoms. The first-order valence-electron chi connectivity index (χ1n) is 15.7. The Kier molecular flexibility index (Phi) is 5.09. The predicted molar refractivity (Wildman–Crippen MR) is 189 cm³/mol. The van der Waals surface area contributed by atoms with E-state index in [0.29, 0.717) is 0 Å². The van der Waals surface area contributed by atoms with Crippen LogP contribution in [0.25, 0.3) is 77.2 Å². The molecule has 2 nitrogen and oxygen atoms in total. The van der Waals surface area contributed by atoms with Crippen LogP contribution in [0.3, 0.4) is 0 Å². The van der Waals surface area contributed by atoms with E-state index in [1.165, 1.54) is 88.4 Å². The maximum absolute atomic E-state index is 2.48. The highest BCUT2D eigenvalue weighted by atomic mass is 15.0. The Morgan fingerprint density at radius 3 is 1.67 bits per heavy atom. The van der Waals surface area contributed by atoms with Gasteiger partial charge in [0, 0.05) is 33.7 Å². The lowest BCUT2D eigenvalue weighted by molar-refractivity contribution is 1.12. The summed E-state index contributed by atoms with van der Waals surface area (Å²) in [6.07, 6.45) is 0.963. The van der Waals surface area contributed by atoms with Gasteiger partial charge in [-0.2, -0.15) is 0 Å². The molecule has 0 saturated heterocycles. The summed E-state index contributed by atoms with van der Waals surface area (Å²) in [6.45, 7) is 0. The molecule has 2 heterocycles. The normalized spacial score (nSPS) is 12.4. The Hall–Kier alpha value is -5.86. The molecule has 210 valence electrons. The van der Waals surface area contributed by atoms with Gasteiger partial charge in [0.15, 0.2) is 0 Å². The molecule has 0 fully saturated rings. The molecule has 0 N–H and O–H groups in total. The van der Waals surface area contributed by atoms with Crippen molar-refractivity contribution in [1.82, 2.24) is 9.13 Å². The van der Waals surface area contributed by atoms with Crippen molar-refractivity contribution in [2.75, 3.05) is 0 Å². The zero-order valence-corrected chi connectivity index (χ0v) is 24.6. The van der Waals surface area contributed by atoms with E-state index in [9.17, 15) is 0 Å². The molecule has 0 aliphatic heterocycles. The molecule has 7 aromatic carbocycles. The molecule has 1 aliphatic rings. The first kappa shape index (κ1) is 24.6. The van der Waals surface area contributed by atoms with Gasteiger partial charge in [0.05, 0.1) is 27.8 Å². The van der Waals surface area contributed by atoms with Crippen molar-refractivity contribution in [2.24, 2.45) is 0 Å². The monoisotopic (exact) mass is 572 g/mol. The quantitative estimate of drug-likeness (QED) is 0.199. The van der Waals surface area contributed by atoms with Crippen molar-refractivity contribution in [1.29, 1.82) is 0 Å². The first-order valence-corrected chi connectivity index (χ1v) is 15.7. The van der Waals surface area contributed by atoms with Gasteiger partial charge in [-0.3, -0.25) is 0 Å². The SMILES string of the molecule is c1ccc(-n2c3ccccc3c3cc(-c4ccc5c(c4)c4ccccc4n5-c4cccc5c4Cc4ccccc4-5)ccc32)cc1. The molecular weight excluding hydrogens is 544 g/mol. The van der Waals surface area contributed by atoms with Crippen LogP contribution in [0.2, 0.25) is 0 Å². The largest absolute Gasteiger partial charge is 0.309 e. The number of benzene rings is 7. The van der Waals surface area contributed by atoms with Crippen molar-refractivity contribution < 1.29 is 0 Å². The summed E-state index contributed by atoms with van der Waals surface area (Å²) in [4.78, 5) is 0. The van der Waals surface area contributed by atoms with Gasteiger partial charge in [0.2, 0.25) is 0 Å². The lowest BCUT2D eigenvalue weighted by Gasteiger charge is -2.13. The number of rotatable bonds is 3. The molecule has 10 rings (SSSR count). The van der Waals surface area contributed by atoms with E-state index in [1.807, 2.05) is 0 Å². The van der Waals surface area contributed by atoms with Crippen LogP contribution >= 0.6 is 0 Å². The summed E-state index contributed by atoms with van der Waals surface area (Å²) >= 11 is 0. The Morgan fingerprint density at radius 1 is 0.378 bits per heavy atom. The number of hydrogen-bond donors (Lipinski definition) is 0. The lowest BCUT2D eigenvalue weighted by Crippen LogP contribution is -1.99. The summed E-state index contributed by atoms with van der Waals surface area (Å²) in [6, 6.07) is 57.8. The van der Waals surface area contributed by atoms with Gasteiger partial charge < -0.3 is 9.13 Å². The van der Waals surface area contributed by atoms with Crippen LogP contribution < -0.4 is 0 Å². The van der Waals surface area contributed by atoms with E-state index in [4.69, 9.17) is 0 Å². The van der Waals surface area contributed by atoms with E-state index in [-0.39, 0.29) is 0 Å². The van der Waals surface area contributed by atoms with Crippen molar-refractivity contribution in [3.63, 3.8) is 0 Å². The third-order valence-corrected chi connectivity index (χ3v) is 9.76. The second-order valence-electron chi connectivity index (χ2n) is 12.1. The summed E-state index contributed by atoms with van der Waals surface area (Å²) in [5.74, 6) is 0. The molecule has 9 aromatic rings. The third kappa shape index (κ3) is 3.51. The van der Waals surface area contributed by atoms with E-state index in [0.717, 1.165) is 6.42 Å². The standard InChI is InChI=1S/C43H28N2/c1-2-12-31(13-3-1)44-39-18-8-6-15-34(39)37-25-28(21-23-42(37)44)29-22-24-43-38(26-29)35-16-7-9-19-40(35)45(43)41-20-10-17-33-32-14-5-4-11-30(32)27-36(33)41/h1-26H,27H2. The van der Waals surface area contributed by atoms with Gasteiger partial charge in [0.25, 0.3) is 0 Å². The van der Waals surface area contributed by atoms with E-state index in [1.54, 1.807) is 0 Å².